The summed E-state index contributed by atoms with van der Waals surface area (Å²) in [4.78, 5) is 4.99. The van der Waals surface area contributed by atoms with Crippen LogP contribution in [0.25, 0.3) is 0 Å². The number of nitrogens with zero attached hydrogens (tertiary/aromatic N) is 2. The average molecular weight is 318 g/mol. The first-order chi connectivity index (χ1) is 11.2. The van der Waals surface area contributed by atoms with E-state index in [1.165, 1.54) is 5.69 Å². The van der Waals surface area contributed by atoms with Crippen molar-refractivity contribution in [1.82, 2.24) is 4.90 Å². The van der Waals surface area contributed by atoms with Gasteiger partial charge in [-0.05, 0) is 38.8 Å². The Bertz CT molecular complexity index is 458. The van der Waals surface area contributed by atoms with Gasteiger partial charge in [-0.2, -0.15) is 0 Å². The van der Waals surface area contributed by atoms with E-state index in [0.29, 0.717) is 18.3 Å². The Balaban J connectivity index is 1.45. The molecule has 0 aliphatic carbocycles. The van der Waals surface area contributed by atoms with E-state index in [2.05, 4.69) is 54.0 Å². The van der Waals surface area contributed by atoms with E-state index in [4.69, 9.17) is 9.47 Å². The van der Waals surface area contributed by atoms with E-state index in [1.807, 2.05) is 0 Å². The summed E-state index contributed by atoms with van der Waals surface area (Å²) in [6, 6.07) is 10.7. The lowest BCUT2D eigenvalue weighted by atomic mass is 10.1. The van der Waals surface area contributed by atoms with Gasteiger partial charge in [0.1, 0.15) is 0 Å². The predicted octanol–water partition coefficient (Wildman–Crippen LogP) is 2.78. The molecule has 3 rings (SSSR count). The van der Waals surface area contributed by atoms with Gasteiger partial charge < -0.3 is 19.3 Å². The Labute approximate surface area is 140 Å². The number of para-hydroxylation sites is 1. The fourth-order valence-electron chi connectivity index (χ4n) is 3.60. The maximum absolute atomic E-state index is 6.01. The Morgan fingerprint density at radius 3 is 2.57 bits per heavy atom. The molecule has 2 fully saturated rings. The lowest BCUT2D eigenvalue weighted by molar-refractivity contribution is -0.0403. The van der Waals surface area contributed by atoms with Crippen LogP contribution in [0.15, 0.2) is 30.3 Å². The second-order valence-corrected chi connectivity index (χ2v) is 6.96. The maximum atomic E-state index is 6.01. The van der Waals surface area contributed by atoms with Crippen molar-refractivity contribution in [2.45, 2.75) is 45.0 Å². The van der Waals surface area contributed by atoms with Crippen molar-refractivity contribution in [2.75, 3.05) is 44.2 Å². The van der Waals surface area contributed by atoms with Crippen molar-refractivity contribution < 1.29 is 9.47 Å². The molecule has 23 heavy (non-hydrogen) atoms. The summed E-state index contributed by atoms with van der Waals surface area (Å²) in [5, 5.41) is 0. The molecular weight excluding hydrogens is 288 g/mol. The van der Waals surface area contributed by atoms with Gasteiger partial charge in [0.25, 0.3) is 0 Å². The molecule has 0 saturated carbocycles. The Hall–Kier alpha value is -1.10. The molecule has 0 aromatic heterocycles. The molecule has 0 spiro atoms. The number of rotatable bonds is 5. The summed E-state index contributed by atoms with van der Waals surface area (Å²) in [6.45, 7) is 10.4. The molecule has 4 nitrogen and oxygen atoms in total. The lowest BCUT2D eigenvalue weighted by Crippen LogP contribution is -2.49. The first-order valence-corrected chi connectivity index (χ1v) is 9.00. The molecular formula is C19H30N2O2. The molecule has 2 saturated heterocycles. The fourth-order valence-corrected chi connectivity index (χ4v) is 3.60. The molecule has 1 unspecified atom stereocenters. The number of hydrogen-bond donors (Lipinski definition) is 0. The molecule has 2 aliphatic rings. The summed E-state index contributed by atoms with van der Waals surface area (Å²) in [6.07, 6.45) is 3.39. The van der Waals surface area contributed by atoms with E-state index < -0.39 is 0 Å². The standard InChI is InChI=1S/C19H30N2O2/c1-16(2)23-18-8-10-20(11-9-18)14-19-15-21(12-13-22-19)17-6-4-3-5-7-17/h3-7,16,18-19H,8-15H2,1-2H3. The third-order valence-corrected chi connectivity index (χ3v) is 4.72. The van der Waals surface area contributed by atoms with Gasteiger partial charge in [-0.15, -0.1) is 0 Å². The number of hydrogen-bond acceptors (Lipinski definition) is 4. The zero-order valence-corrected chi connectivity index (χ0v) is 14.5. The van der Waals surface area contributed by atoms with Gasteiger partial charge in [-0.3, -0.25) is 0 Å². The normalized spacial score (nSPS) is 24.3. The molecule has 0 amide bonds. The average Bonchev–Trinajstić information content (AvgIpc) is 2.57. The zero-order chi connectivity index (χ0) is 16.1. The Kier molecular flexibility index (Phi) is 5.92. The minimum absolute atomic E-state index is 0.312. The van der Waals surface area contributed by atoms with Gasteiger partial charge in [0.05, 0.1) is 24.9 Å². The van der Waals surface area contributed by atoms with Crippen molar-refractivity contribution in [3.8, 4) is 0 Å². The summed E-state index contributed by atoms with van der Waals surface area (Å²) < 4.78 is 11.9. The fraction of sp³-hybridized carbons (Fsp3) is 0.684. The van der Waals surface area contributed by atoms with Crippen LogP contribution in [0.5, 0.6) is 0 Å². The highest BCUT2D eigenvalue weighted by Crippen LogP contribution is 2.20. The molecule has 4 heteroatoms. The maximum Gasteiger partial charge on any atom is 0.0877 e. The van der Waals surface area contributed by atoms with Crippen LogP contribution in [0, 0.1) is 0 Å². The van der Waals surface area contributed by atoms with Gasteiger partial charge in [0.2, 0.25) is 0 Å². The molecule has 1 atom stereocenters. The van der Waals surface area contributed by atoms with E-state index in [9.17, 15) is 0 Å². The first-order valence-electron chi connectivity index (χ1n) is 9.00. The van der Waals surface area contributed by atoms with Gasteiger partial charge in [-0.1, -0.05) is 18.2 Å². The number of anilines is 1. The van der Waals surface area contributed by atoms with Crippen molar-refractivity contribution >= 4 is 5.69 Å². The second-order valence-electron chi connectivity index (χ2n) is 6.96. The summed E-state index contributed by atoms with van der Waals surface area (Å²) in [5.74, 6) is 0. The summed E-state index contributed by atoms with van der Waals surface area (Å²) >= 11 is 0. The van der Waals surface area contributed by atoms with Crippen molar-refractivity contribution in [3.05, 3.63) is 30.3 Å². The number of benzene rings is 1. The van der Waals surface area contributed by atoms with E-state index >= 15 is 0 Å². The highest BCUT2D eigenvalue weighted by molar-refractivity contribution is 5.46. The van der Waals surface area contributed by atoms with Crippen LogP contribution in [-0.4, -0.2) is 62.5 Å². The van der Waals surface area contributed by atoms with Crippen LogP contribution < -0.4 is 4.90 Å². The van der Waals surface area contributed by atoms with E-state index in [1.54, 1.807) is 0 Å². The van der Waals surface area contributed by atoms with E-state index in [0.717, 1.165) is 52.2 Å². The lowest BCUT2D eigenvalue weighted by Gasteiger charge is -2.39. The predicted molar refractivity (Wildman–Crippen MR) is 94.1 cm³/mol. The minimum Gasteiger partial charge on any atom is -0.375 e. The van der Waals surface area contributed by atoms with Gasteiger partial charge in [0.15, 0.2) is 0 Å². The molecule has 0 radical (unpaired) electrons. The molecule has 1 aromatic carbocycles. The van der Waals surface area contributed by atoms with Crippen LogP contribution in [-0.2, 0) is 9.47 Å². The van der Waals surface area contributed by atoms with Crippen LogP contribution >= 0.6 is 0 Å². The highest BCUT2D eigenvalue weighted by atomic mass is 16.5. The molecule has 1 aromatic rings. The van der Waals surface area contributed by atoms with Crippen molar-refractivity contribution in [3.63, 3.8) is 0 Å². The quantitative estimate of drug-likeness (QED) is 0.833. The third-order valence-electron chi connectivity index (χ3n) is 4.72. The summed E-state index contributed by atoms with van der Waals surface area (Å²) in [5.41, 5.74) is 1.31. The third kappa shape index (κ3) is 4.93. The number of ether oxygens (including phenoxy) is 2. The SMILES string of the molecule is CC(C)OC1CCN(CC2CN(c3ccccc3)CCO2)CC1. The van der Waals surface area contributed by atoms with Crippen molar-refractivity contribution in [1.29, 1.82) is 0 Å². The number of piperidine rings is 1. The first kappa shape index (κ1) is 16.7. The van der Waals surface area contributed by atoms with Crippen LogP contribution in [0.4, 0.5) is 5.69 Å². The smallest absolute Gasteiger partial charge is 0.0877 e. The monoisotopic (exact) mass is 318 g/mol. The van der Waals surface area contributed by atoms with Gasteiger partial charge >= 0.3 is 0 Å². The van der Waals surface area contributed by atoms with Crippen LogP contribution in [0.2, 0.25) is 0 Å². The Morgan fingerprint density at radius 2 is 1.87 bits per heavy atom. The van der Waals surface area contributed by atoms with Gasteiger partial charge in [0, 0.05) is 38.4 Å². The summed E-state index contributed by atoms with van der Waals surface area (Å²) in [7, 11) is 0. The largest absolute Gasteiger partial charge is 0.375 e. The highest BCUT2D eigenvalue weighted by Gasteiger charge is 2.26. The Morgan fingerprint density at radius 1 is 1.13 bits per heavy atom. The zero-order valence-electron chi connectivity index (χ0n) is 14.5. The minimum atomic E-state index is 0.312. The molecule has 0 N–H and O–H groups in total. The molecule has 128 valence electrons. The van der Waals surface area contributed by atoms with Crippen molar-refractivity contribution in [2.24, 2.45) is 0 Å². The second kappa shape index (κ2) is 8.13. The van der Waals surface area contributed by atoms with Crippen LogP contribution in [0.3, 0.4) is 0 Å². The van der Waals surface area contributed by atoms with Crippen LogP contribution in [0.1, 0.15) is 26.7 Å². The van der Waals surface area contributed by atoms with Gasteiger partial charge in [-0.25, -0.2) is 0 Å². The van der Waals surface area contributed by atoms with E-state index in [-0.39, 0.29) is 0 Å². The number of morpholine rings is 1. The molecule has 0 bridgehead atoms. The number of likely N-dealkylation sites (tertiary alicyclic amines) is 1. The topological polar surface area (TPSA) is 24.9 Å². The molecule has 2 aliphatic heterocycles. The molecule has 2 heterocycles.